The fourth-order valence-corrected chi connectivity index (χ4v) is 6.48. The maximum Gasteiger partial charge on any atom is 0.165 e. The molecule has 0 aliphatic heterocycles. The summed E-state index contributed by atoms with van der Waals surface area (Å²) in [5.74, 6) is 1.86. The number of furan rings is 1. The second-order valence-electron chi connectivity index (χ2n) is 11.2. The first-order valence-electron chi connectivity index (χ1n) is 15.0. The second-order valence-corrected chi connectivity index (χ2v) is 11.2. The quantitative estimate of drug-likeness (QED) is 0.209. The van der Waals surface area contributed by atoms with Crippen molar-refractivity contribution in [3.63, 3.8) is 0 Å². The molecule has 45 heavy (non-hydrogen) atoms. The Bertz CT molecular complexity index is 2540. The molecule has 0 N–H and O–H groups in total. The van der Waals surface area contributed by atoms with Crippen molar-refractivity contribution >= 4 is 43.5 Å². The van der Waals surface area contributed by atoms with Gasteiger partial charge in [-0.15, -0.1) is 0 Å². The van der Waals surface area contributed by atoms with E-state index in [2.05, 4.69) is 91.0 Å². The first-order chi connectivity index (χ1) is 22.3. The largest absolute Gasteiger partial charge is 0.456 e. The van der Waals surface area contributed by atoms with Crippen molar-refractivity contribution in [2.24, 2.45) is 0 Å². The molecule has 9 rings (SSSR count). The summed E-state index contributed by atoms with van der Waals surface area (Å²) in [6.45, 7) is 0. The Morgan fingerprint density at radius 1 is 0.356 bits per heavy atom. The van der Waals surface area contributed by atoms with E-state index in [-0.39, 0.29) is 0 Å². The Morgan fingerprint density at radius 2 is 0.956 bits per heavy atom. The van der Waals surface area contributed by atoms with Crippen LogP contribution in [0.1, 0.15) is 0 Å². The van der Waals surface area contributed by atoms with Crippen molar-refractivity contribution in [3.05, 3.63) is 152 Å². The average molecular weight is 576 g/mol. The number of benzene rings is 7. The summed E-state index contributed by atoms with van der Waals surface area (Å²) in [7, 11) is 0. The van der Waals surface area contributed by atoms with Crippen molar-refractivity contribution < 1.29 is 4.42 Å². The first kappa shape index (κ1) is 25.4. The van der Waals surface area contributed by atoms with Gasteiger partial charge in [0, 0.05) is 27.5 Å². The van der Waals surface area contributed by atoms with Crippen LogP contribution in [0, 0.1) is 0 Å². The van der Waals surface area contributed by atoms with E-state index in [4.69, 9.17) is 19.4 Å². The molecule has 0 aliphatic carbocycles. The molecule has 0 radical (unpaired) electrons. The third kappa shape index (κ3) is 4.19. The lowest BCUT2D eigenvalue weighted by Crippen LogP contribution is -2.02. The molecule has 0 spiro atoms. The highest BCUT2D eigenvalue weighted by Crippen LogP contribution is 2.41. The maximum atomic E-state index is 6.25. The minimum Gasteiger partial charge on any atom is -0.456 e. The maximum absolute atomic E-state index is 6.25. The van der Waals surface area contributed by atoms with Gasteiger partial charge in [0.25, 0.3) is 0 Å². The Labute approximate surface area is 259 Å². The zero-order valence-electron chi connectivity index (χ0n) is 24.2. The summed E-state index contributed by atoms with van der Waals surface area (Å²) >= 11 is 0. The predicted octanol–water partition coefficient (Wildman–Crippen LogP) is 10.7. The number of aromatic nitrogens is 3. The van der Waals surface area contributed by atoms with E-state index in [1.54, 1.807) is 0 Å². The molecule has 2 aromatic heterocycles. The zero-order valence-corrected chi connectivity index (χ0v) is 24.2. The first-order valence-corrected chi connectivity index (χ1v) is 15.0. The monoisotopic (exact) mass is 575 g/mol. The fourth-order valence-electron chi connectivity index (χ4n) is 6.48. The van der Waals surface area contributed by atoms with Crippen LogP contribution in [0.4, 0.5) is 0 Å². The van der Waals surface area contributed by atoms with Crippen molar-refractivity contribution in [2.45, 2.75) is 0 Å². The highest BCUT2D eigenvalue weighted by atomic mass is 16.3. The minimum atomic E-state index is 0.604. The minimum absolute atomic E-state index is 0.604. The Morgan fingerprint density at radius 3 is 1.82 bits per heavy atom. The summed E-state index contributed by atoms with van der Waals surface area (Å²) in [4.78, 5) is 15.6. The molecule has 0 aliphatic rings. The van der Waals surface area contributed by atoms with E-state index in [9.17, 15) is 0 Å². The molecular weight excluding hydrogens is 550 g/mol. The summed E-state index contributed by atoms with van der Waals surface area (Å²) in [6, 6.07) is 52.2. The topological polar surface area (TPSA) is 51.8 Å². The highest BCUT2D eigenvalue weighted by molar-refractivity contribution is 6.12. The third-order valence-corrected chi connectivity index (χ3v) is 8.54. The van der Waals surface area contributed by atoms with Crippen LogP contribution in [0.5, 0.6) is 0 Å². The molecule has 4 nitrogen and oxygen atoms in total. The van der Waals surface area contributed by atoms with Crippen molar-refractivity contribution in [3.8, 4) is 45.3 Å². The number of fused-ring (bicyclic) bond motifs is 5. The summed E-state index contributed by atoms with van der Waals surface area (Å²) in [5, 5.41) is 6.62. The van der Waals surface area contributed by atoms with Crippen LogP contribution in [0.2, 0.25) is 0 Å². The van der Waals surface area contributed by atoms with Gasteiger partial charge in [-0.2, -0.15) is 0 Å². The number of hydrogen-bond acceptors (Lipinski definition) is 4. The summed E-state index contributed by atoms with van der Waals surface area (Å²) in [5.41, 5.74) is 6.68. The SMILES string of the molecule is c1ccc(-c2nc(-c3c(-c4cccc5ccccc45)ccc4ccccc34)nc(-c3cccc4oc5ccccc5c34)n2)cc1. The van der Waals surface area contributed by atoms with E-state index >= 15 is 0 Å². The van der Waals surface area contributed by atoms with Crippen LogP contribution in [-0.4, -0.2) is 15.0 Å². The average Bonchev–Trinajstić information content (AvgIpc) is 3.50. The second kappa shape index (κ2) is 10.2. The predicted molar refractivity (Wildman–Crippen MR) is 184 cm³/mol. The molecule has 210 valence electrons. The van der Waals surface area contributed by atoms with Gasteiger partial charge in [0.2, 0.25) is 0 Å². The van der Waals surface area contributed by atoms with Crippen molar-refractivity contribution in [1.82, 2.24) is 15.0 Å². The van der Waals surface area contributed by atoms with E-state index in [0.29, 0.717) is 17.5 Å². The lowest BCUT2D eigenvalue weighted by atomic mass is 9.90. The molecule has 0 saturated heterocycles. The van der Waals surface area contributed by atoms with E-state index in [1.165, 1.54) is 10.8 Å². The molecule has 9 aromatic rings. The van der Waals surface area contributed by atoms with Gasteiger partial charge in [-0.25, -0.2) is 15.0 Å². The lowest BCUT2D eigenvalue weighted by molar-refractivity contribution is 0.669. The molecule has 0 unspecified atom stereocenters. The van der Waals surface area contributed by atoms with Crippen LogP contribution in [0.3, 0.4) is 0 Å². The molecule has 0 bridgehead atoms. The van der Waals surface area contributed by atoms with Gasteiger partial charge in [-0.1, -0.05) is 140 Å². The summed E-state index contributed by atoms with van der Waals surface area (Å²) in [6.07, 6.45) is 0. The van der Waals surface area contributed by atoms with Gasteiger partial charge in [0.05, 0.1) is 0 Å². The van der Waals surface area contributed by atoms with Gasteiger partial charge < -0.3 is 4.42 Å². The molecule has 7 aromatic carbocycles. The van der Waals surface area contributed by atoms with Gasteiger partial charge in [0.15, 0.2) is 17.5 Å². The van der Waals surface area contributed by atoms with Crippen LogP contribution >= 0.6 is 0 Å². The Kier molecular flexibility index (Phi) is 5.78. The Hall–Kier alpha value is -6.13. The third-order valence-electron chi connectivity index (χ3n) is 8.54. The zero-order chi connectivity index (χ0) is 29.7. The van der Waals surface area contributed by atoms with Crippen LogP contribution in [0.25, 0.3) is 88.8 Å². The highest BCUT2D eigenvalue weighted by Gasteiger charge is 2.21. The number of rotatable bonds is 4. The van der Waals surface area contributed by atoms with E-state index in [1.807, 2.05) is 60.7 Å². The molecule has 0 amide bonds. The van der Waals surface area contributed by atoms with Crippen LogP contribution in [0.15, 0.2) is 156 Å². The smallest absolute Gasteiger partial charge is 0.165 e. The molecule has 0 saturated carbocycles. The van der Waals surface area contributed by atoms with Crippen LogP contribution in [-0.2, 0) is 0 Å². The van der Waals surface area contributed by atoms with Gasteiger partial charge in [-0.3, -0.25) is 0 Å². The molecule has 0 atom stereocenters. The number of nitrogens with zero attached hydrogens (tertiary/aromatic N) is 3. The van der Waals surface area contributed by atoms with Gasteiger partial charge in [0.1, 0.15) is 11.2 Å². The molecule has 2 heterocycles. The standard InChI is InChI=1S/C41H25N3O/c1-2-14-28(15-3-1)39-42-40(34-21-11-23-36-37(34)33-19-8-9-22-35(33)45-36)44-41(43-39)38-30-18-7-5-13-27(30)24-25-32(38)31-20-10-16-26-12-4-6-17-29(26)31/h1-25H. The number of hydrogen-bond donors (Lipinski definition) is 0. The molecule has 0 fully saturated rings. The van der Waals surface area contributed by atoms with E-state index < -0.39 is 0 Å². The van der Waals surface area contributed by atoms with Gasteiger partial charge in [-0.05, 0) is 44.8 Å². The van der Waals surface area contributed by atoms with E-state index in [0.717, 1.165) is 60.5 Å². The molecule has 4 heteroatoms. The summed E-state index contributed by atoms with van der Waals surface area (Å²) < 4.78 is 6.25. The normalized spacial score (nSPS) is 11.6. The van der Waals surface area contributed by atoms with Crippen LogP contribution < -0.4 is 0 Å². The van der Waals surface area contributed by atoms with Crippen molar-refractivity contribution in [1.29, 1.82) is 0 Å². The van der Waals surface area contributed by atoms with Gasteiger partial charge >= 0.3 is 0 Å². The fraction of sp³-hybridized carbons (Fsp3) is 0. The number of para-hydroxylation sites is 1. The molecular formula is C41H25N3O. The van der Waals surface area contributed by atoms with Crippen molar-refractivity contribution in [2.75, 3.05) is 0 Å². The lowest BCUT2D eigenvalue weighted by Gasteiger charge is -2.16. The Balaban J connectivity index is 1.39.